The van der Waals surface area contributed by atoms with Crippen LogP contribution in [0.4, 0.5) is 0 Å². The topological polar surface area (TPSA) is 21.7 Å². The molecule has 0 aliphatic carbocycles. The zero-order valence-corrected chi connectivity index (χ0v) is 32.7. The van der Waals surface area contributed by atoms with Gasteiger partial charge in [0, 0.05) is 26.3 Å². The van der Waals surface area contributed by atoms with E-state index in [2.05, 4.69) is 74.4 Å². The van der Waals surface area contributed by atoms with Crippen LogP contribution in [0.3, 0.4) is 0 Å². The third-order valence-electron chi connectivity index (χ3n) is 9.75. The number of hydrogen-bond acceptors (Lipinski definition) is 3. The minimum absolute atomic E-state index is 0.257. The molecule has 0 aromatic carbocycles. The van der Waals surface area contributed by atoms with E-state index in [1.165, 1.54) is 167 Å². The summed E-state index contributed by atoms with van der Waals surface area (Å²) >= 11 is 0. The van der Waals surface area contributed by atoms with E-state index in [-0.39, 0.29) is 12.2 Å². The third-order valence-corrected chi connectivity index (χ3v) is 9.75. The van der Waals surface area contributed by atoms with Crippen molar-refractivity contribution in [1.29, 1.82) is 0 Å². The molecule has 0 spiro atoms. The zero-order chi connectivity index (χ0) is 34.4. The molecule has 0 saturated carbocycles. The summed E-state index contributed by atoms with van der Waals surface area (Å²) in [6, 6.07) is 0. The van der Waals surface area contributed by atoms with Crippen LogP contribution in [0.15, 0.2) is 48.6 Å². The van der Waals surface area contributed by atoms with E-state index in [1.807, 2.05) is 0 Å². The maximum Gasteiger partial charge on any atom is 0.0975 e. The average Bonchev–Trinajstić information content (AvgIpc) is 3.45. The molecule has 2 atom stereocenters. The van der Waals surface area contributed by atoms with Crippen LogP contribution >= 0.6 is 0 Å². The zero-order valence-electron chi connectivity index (χ0n) is 32.7. The Morgan fingerprint density at radius 1 is 0.396 bits per heavy atom. The lowest BCUT2D eigenvalue weighted by Gasteiger charge is -2.20. The van der Waals surface area contributed by atoms with Crippen LogP contribution in [0.1, 0.15) is 194 Å². The Balaban J connectivity index is 1.87. The van der Waals surface area contributed by atoms with E-state index in [9.17, 15) is 0 Å². The molecule has 0 aromatic rings. The van der Waals surface area contributed by atoms with Gasteiger partial charge in [-0.2, -0.15) is 0 Å². The summed E-state index contributed by atoms with van der Waals surface area (Å²) in [5.74, 6) is 0. The first-order valence-electron chi connectivity index (χ1n) is 21.3. The van der Waals surface area contributed by atoms with Crippen molar-refractivity contribution in [1.82, 2.24) is 4.90 Å². The van der Waals surface area contributed by atoms with Gasteiger partial charge in [-0.05, 0) is 84.1 Å². The molecule has 1 fully saturated rings. The molecule has 280 valence electrons. The molecule has 1 saturated heterocycles. The molecule has 1 aliphatic rings. The molecule has 0 amide bonds. The number of hydrogen-bond donors (Lipinski definition) is 0. The maximum atomic E-state index is 6.32. The molecular weight excluding hydrogens is 587 g/mol. The average molecular weight is 670 g/mol. The summed E-state index contributed by atoms with van der Waals surface area (Å²) in [4.78, 5) is 2.38. The minimum Gasteiger partial charge on any atom is -0.374 e. The lowest BCUT2D eigenvalue weighted by Crippen LogP contribution is -2.30. The Bertz CT molecular complexity index is 694. The highest BCUT2D eigenvalue weighted by atomic mass is 16.5. The summed E-state index contributed by atoms with van der Waals surface area (Å²) in [6.45, 7) is 8.36. The smallest absolute Gasteiger partial charge is 0.0975 e. The molecule has 3 heteroatoms. The van der Waals surface area contributed by atoms with Crippen LogP contribution in [0.25, 0.3) is 0 Å². The predicted molar refractivity (Wildman–Crippen MR) is 214 cm³/mol. The molecule has 1 rings (SSSR count). The van der Waals surface area contributed by atoms with Gasteiger partial charge in [0.15, 0.2) is 0 Å². The fraction of sp³-hybridized carbons (Fsp3) is 0.822. The Morgan fingerprint density at radius 2 is 0.688 bits per heavy atom. The molecule has 0 aromatic heterocycles. The van der Waals surface area contributed by atoms with Gasteiger partial charge in [-0.25, -0.2) is 0 Å². The van der Waals surface area contributed by atoms with Crippen LogP contribution in [0, 0.1) is 0 Å². The normalized spacial score (nSPS) is 17.5. The van der Waals surface area contributed by atoms with E-state index in [4.69, 9.17) is 9.47 Å². The summed E-state index contributed by atoms with van der Waals surface area (Å²) in [5, 5.41) is 0. The van der Waals surface area contributed by atoms with E-state index < -0.39 is 0 Å². The fourth-order valence-electron chi connectivity index (χ4n) is 6.60. The van der Waals surface area contributed by atoms with Gasteiger partial charge in [0.25, 0.3) is 0 Å². The number of likely N-dealkylation sites (N-methyl/N-ethyl adjacent to an activating group) is 1. The van der Waals surface area contributed by atoms with E-state index in [0.29, 0.717) is 0 Å². The second-order valence-electron chi connectivity index (χ2n) is 14.6. The third kappa shape index (κ3) is 30.9. The van der Waals surface area contributed by atoms with Gasteiger partial charge < -0.3 is 14.4 Å². The molecule has 0 N–H and O–H groups in total. The van der Waals surface area contributed by atoms with Gasteiger partial charge in [-0.1, -0.05) is 165 Å². The standard InChI is InChI=1S/C45H83NO2/c1-4-6-8-10-12-14-16-18-20-22-24-26-28-30-32-34-36-38-40-47-44-42-46(3)43-45(44)48-41-39-37-35-33-31-29-27-25-23-21-19-17-15-13-11-9-7-5-2/h12-15,18-21,44-45H,4-11,16-17,22-43H2,1-3H3/b14-12-,15-13-,20-18-,21-19-/t44-,45?/m1/s1. The first kappa shape index (κ1) is 44.9. The fourth-order valence-corrected chi connectivity index (χ4v) is 6.60. The van der Waals surface area contributed by atoms with Crippen LogP contribution in [0.2, 0.25) is 0 Å². The summed E-state index contributed by atoms with van der Waals surface area (Å²) < 4.78 is 12.6. The van der Waals surface area contributed by atoms with Crippen molar-refractivity contribution in [2.24, 2.45) is 0 Å². The lowest BCUT2D eigenvalue weighted by atomic mass is 10.1. The molecular formula is C45H83NO2. The quantitative estimate of drug-likeness (QED) is 0.0489. The number of rotatable bonds is 36. The van der Waals surface area contributed by atoms with Crippen molar-refractivity contribution in [3.05, 3.63) is 48.6 Å². The van der Waals surface area contributed by atoms with Crippen LogP contribution < -0.4 is 0 Å². The molecule has 0 bridgehead atoms. The number of likely N-dealkylation sites (tertiary alicyclic amines) is 1. The van der Waals surface area contributed by atoms with Crippen molar-refractivity contribution in [3.8, 4) is 0 Å². The van der Waals surface area contributed by atoms with Gasteiger partial charge >= 0.3 is 0 Å². The van der Waals surface area contributed by atoms with Gasteiger partial charge in [0.2, 0.25) is 0 Å². The van der Waals surface area contributed by atoms with Crippen molar-refractivity contribution in [2.45, 2.75) is 206 Å². The molecule has 1 aliphatic heterocycles. The van der Waals surface area contributed by atoms with E-state index >= 15 is 0 Å². The largest absolute Gasteiger partial charge is 0.374 e. The highest BCUT2D eigenvalue weighted by Gasteiger charge is 2.32. The highest BCUT2D eigenvalue weighted by molar-refractivity contribution is 4.93. The Kier molecular flexibility index (Phi) is 34.7. The monoisotopic (exact) mass is 670 g/mol. The molecule has 0 radical (unpaired) electrons. The van der Waals surface area contributed by atoms with Crippen LogP contribution in [0.5, 0.6) is 0 Å². The van der Waals surface area contributed by atoms with Crippen LogP contribution in [-0.2, 0) is 9.47 Å². The molecule has 1 heterocycles. The molecule has 1 unspecified atom stereocenters. The first-order chi connectivity index (χ1) is 23.8. The maximum absolute atomic E-state index is 6.32. The van der Waals surface area contributed by atoms with E-state index in [1.54, 1.807) is 0 Å². The van der Waals surface area contributed by atoms with Crippen molar-refractivity contribution in [3.63, 3.8) is 0 Å². The number of unbranched alkanes of at least 4 members (excludes halogenated alkanes) is 22. The van der Waals surface area contributed by atoms with Gasteiger partial charge in [-0.3, -0.25) is 0 Å². The predicted octanol–water partition coefficient (Wildman–Crippen LogP) is 13.9. The highest BCUT2D eigenvalue weighted by Crippen LogP contribution is 2.18. The Morgan fingerprint density at radius 3 is 1.02 bits per heavy atom. The second kappa shape index (κ2) is 37.1. The lowest BCUT2D eigenvalue weighted by molar-refractivity contribution is -0.0481. The first-order valence-corrected chi connectivity index (χ1v) is 21.3. The minimum atomic E-state index is 0.257. The Hall–Kier alpha value is -1.16. The number of nitrogens with zero attached hydrogens (tertiary/aromatic N) is 1. The summed E-state index contributed by atoms with van der Waals surface area (Å²) in [5.41, 5.74) is 0. The van der Waals surface area contributed by atoms with Gasteiger partial charge in [0.1, 0.15) is 0 Å². The molecule has 48 heavy (non-hydrogen) atoms. The number of allylic oxidation sites excluding steroid dienone is 8. The van der Waals surface area contributed by atoms with Crippen molar-refractivity contribution >= 4 is 0 Å². The second-order valence-corrected chi connectivity index (χ2v) is 14.6. The summed E-state index contributed by atoms with van der Waals surface area (Å²) in [6.07, 6.45) is 56.1. The van der Waals surface area contributed by atoms with Crippen molar-refractivity contribution < 1.29 is 9.47 Å². The summed E-state index contributed by atoms with van der Waals surface area (Å²) in [7, 11) is 2.20. The molecule has 3 nitrogen and oxygen atoms in total. The SMILES string of the molecule is CCCCC/C=C\C/C=C\CCCCCCCCCCOC1CN(C)C[C@H]1OCCCCCCCCCC/C=C\C/C=C\CCCCC. The van der Waals surface area contributed by atoms with Crippen LogP contribution in [-0.4, -0.2) is 50.5 Å². The Labute approximate surface area is 301 Å². The van der Waals surface area contributed by atoms with Gasteiger partial charge in [0.05, 0.1) is 12.2 Å². The van der Waals surface area contributed by atoms with Crippen molar-refractivity contribution in [2.75, 3.05) is 33.4 Å². The van der Waals surface area contributed by atoms with Gasteiger partial charge in [-0.15, -0.1) is 0 Å². The number of ether oxygens (including phenoxy) is 2. The van der Waals surface area contributed by atoms with E-state index in [0.717, 1.165) is 39.1 Å².